The van der Waals surface area contributed by atoms with E-state index in [-0.39, 0.29) is 30.3 Å². The standard InChI is InChI=1S/C18H19ClN6O4S2/c1-9-3-4-10(7-11(9)19)21-16-23-24-18(31-16)30-8-12(26)13-14(20)25(5-6-29-2)17(28)22-15(13)27/h3-4,7H,5-6,8,20H2,1-2H3,(H,21,23)(H,22,27,28). The minimum absolute atomic E-state index is 0.0965. The van der Waals surface area contributed by atoms with E-state index >= 15 is 0 Å². The second-order valence-corrected chi connectivity index (χ2v) is 8.95. The highest BCUT2D eigenvalue weighted by atomic mass is 35.5. The molecule has 0 radical (unpaired) electrons. The Morgan fingerprint density at radius 2 is 2.16 bits per heavy atom. The number of aromatic nitrogens is 4. The number of carbonyl (C=O) groups is 1. The van der Waals surface area contributed by atoms with Gasteiger partial charge < -0.3 is 15.8 Å². The molecule has 10 nitrogen and oxygen atoms in total. The average Bonchev–Trinajstić information content (AvgIpc) is 3.16. The fraction of sp³-hybridized carbons (Fsp3) is 0.278. The molecule has 31 heavy (non-hydrogen) atoms. The van der Waals surface area contributed by atoms with Crippen molar-refractivity contribution in [2.45, 2.75) is 17.8 Å². The van der Waals surface area contributed by atoms with Gasteiger partial charge in [-0.05, 0) is 24.6 Å². The lowest BCUT2D eigenvalue weighted by Gasteiger charge is -2.11. The first-order valence-corrected chi connectivity index (χ1v) is 11.1. The number of nitrogens with zero attached hydrogens (tertiary/aromatic N) is 3. The minimum atomic E-state index is -0.822. The molecule has 3 aromatic rings. The van der Waals surface area contributed by atoms with E-state index in [0.29, 0.717) is 14.5 Å². The van der Waals surface area contributed by atoms with Crippen LogP contribution in [-0.2, 0) is 11.3 Å². The van der Waals surface area contributed by atoms with Gasteiger partial charge in [0, 0.05) is 17.8 Å². The number of ketones is 1. The van der Waals surface area contributed by atoms with E-state index in [4.69, 9.17) is 22.1 Å². The Bertz CT molecular complexity index is 1220. The van der Waals surface area contributed by atoms with Crippen LogP contribution in [0.3, 0.4) is 0 Å². The number of hydrogen-bond acceptors (Lipinski definition) is 10. The maximum absolute atomic E-state index is 12.6. The second kappa shape index (κ2) is 10.1. The lowest BCUT2D eigenvalue weighted by Crippen LogP contribution is -2.37. The number of nitrogen functional groups attached to an aromatic ring is 1. The molecule has 0 fully saturated rings. The molecule has 4 N–H and O–H groups in total. The number of halogens is 1. The number of methoxy groups -OCH3 is 1. The third kappa shape index (κ3) is 5.53. The molecule has 13 heteroatoms. The third-order valence-electron chi connectivity index (χ3n) is 4.19. The van der Waals surface area contributed by atoms with E-state index in [1.165, 1.54) is 18.4 Å². The Morgan fingerprint density at radius 1 is 1.39 bits per heavy atom. The number of aryl methyl sites for hydroxylation is 1. The molecular weight excluding hydrogens is 464 g/mol. The summed E-state index contributed by atoms with van der Waals surface area (Å²) in [5.74, 6) is -0.807. The zero-order valence-corrected chi connectivity index (χ0v) is 19.0. The number of Topliss-reactive ketones (excluding diaryl/α,β-unsaturated/α-hetero) is 1. The summed E-state index contributed by atoms with van der Waals surface area (Å²) in [5.41, 5.74) is 5.86. The first-order valence-electron chi connectivity index (χ1n) is 8.94. The molecule has 1 aromatic carbocycles. The summed E-state index contributed by atoms with van der Waals surface area (Å²) in [5, 5.41) is 12.3. The van der Waals surface area contributed by atoms with Crippen molar-refractivity contribution in [1.82, 2.24) is 19.7 Å². The summed E-state index contributed by atoms with van der Waals surface area (Å²) in [6.07, 6.45) is 0. The van der Waals surface area contributed by atoms with Crippen LogP contribution in [0.5, 0.6) is 0 Å². The number of thioether (sulfide) groups is 1. The summed E-state index contributed by atoms with van der Waals surface area (Å²) in [6.45, 7) is 2.22. The Labute approximate surface area is 189 Å². The molecule has 0 spiro atoms. The van der Waals surface area contributed by atoms with Crippen LogP contribution >= 0.6 is 34.7 Å². The monoisotopic (exact) mass is 482 g/mol. The number of H-pyrrole nitrogens is 1. The smallest absolute Gasteiger partial charge is 0.330 e. The molecule has 0 saturated heterocycles. The molecule has 0 aliphatic carbocycles. The van der Waals surface area contributed by atoms with Gasteiger partial charge >= 0.3 is 5.69 Å². The van der Waals surface area contributed by atoms with Gasteiger partial charge in [0.05, 0.1) is 18.9 Å². The Morgan fingerprint density at radius 3 is 2.87 bits per heavy atom. The summed E-state index contributed by atoms with van der Waals surface area (Å²) in [4.78, 5) is 38.8. The minimum Gasteiger partial charge on any atom is -0.384 e. The topological polar surface area (TPSA) is 145 Å². The highest BCUT2D eigenvalue weighted by Gasteiger charge is 2.20. The highest BCUT2D eigenvalue weighted by Crippen LogP contribution is 2.29. The summed E-state index contributed by atoms with van der Waals surface area (Å²) < 4.78 is 6.55. The molecule has 0 bridgehead atoms. The van der Waals surface area contributed by atoms with Gasteiger partial charge in [-0.2, -0.15) is 0 Å². The highest BCUT2D eigenvalue weighted by molar-refractivity contribution is 8.01. The van der Waals surface area contributed by atoms with Crippen LogP contribution in [0, 0.1) is 6.92 Å². The van der Waals surface area contributed by atoms with E-state index in [9.17, 15) is 14.4 Å². The van der Waals surface area contributed by atoms with Crippen LogP contribution < -0.4 is 22.3 Å². The first kappa shape index (κ1) is 23.0. The second-order valence-electron chi connectivity index (χ2n) is 6.34. The lowest BCUT2D eigenvalue weighted by atomic mass is 10.2. The van der Waals surface area contributed by atoms with Gasteiger partial charge in [0.2, 0.25) is 5.13 Å². The van der Waals surface area contributed by atoms with Crippen molar-refractivity contribution >= 4 is 57.1 Å². The van der Waals surface area contributed by atoms with E-state index in [1.54, 1.807) is 6.07 Å². The Balaban J connectivity index is 1.69. The molecule has 0 unspecified atom stereocenters. The number of rotatable bonds is 9. The number of nitrogens with one attached hydrogen (secondary N) is 2. The Hall–Kier alpha value is -2.67. The Kier molecular flexibility index (Phi) is 7.49. The number of aromatic amines is 1. The SMILES string of the molecule is COCCn1c(N)c(C(=O)CSc2nnc(Nc3ccc(C)c(Cl)c3)s2)c(=O)[nH]c1=O. The van der Waals surface area contributed by atoms with Crippen LogP contribution in [0.4, 0.5) is 16.6 Å². The third-order valence-corrected chi connectivity index (χ3v) is 6.57. The number of anilines is 3. The van der Waals surface area contributed by atoms with Crippen molar-refractivity contribution in [1.29, 1.82) is 0 Å². The first-order chi connectivity index (χ1) is 14.8. The van der Waals surface area contributed by atoms with Crippen LogP contribution in [0.1, 0.15) is 15.9 Å². The molecule has 0 amide bonds. The molecular formula is C18H19ClN6O4S2. The van der Waals surface area contributed by atoms with Crippen molar-refractivity contribution in [3.05, 3.63) is 55.2 Å². The predicted molar refractivity (Wildman–Crippen MR) is 122 cm³/mol. The van der Waals surface area contributed by atoms with Crippen LogP contribution in [0.2, 0.25) is 5.02 Å². The van der Waals surface area contributed by atoms with Crippen molar-refractivity contribution in [3.63, 3.8) is 0 Å². The fourth-order valence-electron chi connectivity index (χ4n) is 2.57. The number of hydrogen-bond donors (Lipinski definition) is 3. The maximum atomic E-state index is 12.6. The molecule has 0 saturated carbocycles. The number of carbonyl (C=O) groups excluding carboxylic acids is 1. The molecule has 164 valence electrons. The van der Waals surface area contributed by atoms with Crippen LogP contribution in [0.25, 0.3) is 0 Å². The molecule has 2 heterocycles. The van der Waals surface area contributed by atoms with E-state index in [2.05, 4.69) is 20.5 Å². The zero-order valence-electron chi connectivity index (χ0n) is 16.6. The number of nitrogens with two attached hydrogens (primary N) is 1. The van der Waals surface area contributed by atoms with Crippen molar-refractivity contribution in [2.75, 3.05) is 30.5 Å². The lowest BCUT2D eigenvalue weighted by molar-refractivity contribution is 0.102. The van der Waals surface area contributed by atoms with Gasteiger partial charge in [-0.1, -0.05) is 40.8 Å². The molecule has 0 aliphatic heterocycles. The van der Waals surface area contributed by atoms with Crippen molar-refractivity contribution in [2.24, 2.45) is 0 Å². The molecule has 3 rings (SSSR count). The molecule has 0 aliphatic rings. The van der Waals surface area contributed by atoms with Crippen LogP contribution in [-0.4, -0.2) is 45.0 Å². The van der Waals surface area contributed by atoms with Gasteiger partial charge in [-0.15, -0.1) is 10.2 Å². The summed E-state index contributed by atoms with van der Waals surface area (Å²) in [6, 6.07) is 5.53. The van der Waals surface area contributed by atoms with Gasteiger partial charge in [0.1, 0.15) is 11.4 Å². The average molecular weight is 483 g/mol. The largest absolute Gasteiger partial charge is 0.384 e. The van der Waals surface area contributed by atoms with E-state index in [1.807, 2.05) is 19.1 Å². The normalized spacial score (nSPS) is 10.9. The van der Waals surface area contributed by atoms with Crippen molar-refractivity contribution < 1.29 is 9.53 Å². The van der Waals surface area contributed by atoms with Crippen LogP contribution in [0.15, 0.2) is 32.1 Å². The van der Waals surface area contributed by atoms with Gasteiger partial charge in [0.25, 0.3) is 5.56 Å². The quantitative estimate of drug-likeness (QED) is 0.309. The number of ether oxygens (including phenoxy) is 1. The van der Waals surface area contributed by atoms with E-state index in [0.717, 1.165) is 27.6 Å². The predicted octanol–water partition coefficient (Wildman–Crippen LogP) is 2.30. The van der Waals surface area contributed by atoms with Gasteiger partial charge in [0.15, 0.2) is 10.1 Å². The maximum Gasteiger partial charge on any atom is 0.330 e. The summed E-state index contributed by atoms with van der Waals surface area (Å²) in [7, 11) is 1.47. The van der Waals surface area contributed by atoms with Gasteiger partial charge in [-0.3, -0.25) is 19.1 Å². The van der Waals surface area contributed by atoms with E-state index < -0.39 is 17.0 Å². The molecule has 2 aromatic heterocycles. The summed E-state index contributed by atoms with van der Waals surface area (Å²) >= 11 is 8.48. The van der Waals surface area contributed by atoms with Crippen molar-refractivity contribution in [3.8, 4) is 0 Å². The molecule has 0 atom stereocenters. The van der Waals surface area contributed by atoms with Gasteiger partial charge in [-0.25, -0.2) is 4.79 Å². The zero-order chi connectivity index (χ0) is 22.5. The number of benzene rings is 1. The fourth-order valence-corrected chi connectivity index (χ4v) is 4.40.